The highest BCUT2D eigenvalue weighted by molar-refractivity contribution is 5.84. The minimum absolute atomic E-state index is 0.0435. The Kier molecular flexibility index (Phi) is 4.37. The average Bonchev–Trinajstić information content (AvgIpc) is 2.59. The second-order valence-corrected chi connectivity index (χ2v) is 7.06. The molecule has 0 spiro atoms. The highest BCUT2D eigenvalue weighted by Crippen LogP contribution is 2.37. The van der Waals surface area contributed by atoms with Crippen LogP contribution in [0, 0.1) is 11.3 Å². The van der Waals surface area contributed by atoms with Crippen LogP contribution < -0.4 is 5.32 Å². The predicted octanol–water partition coefficient (Wildman–Crippen LogP) is 1.48. The van der Waals surface area contributed by atoms with Crippen molar-refractivity contribution in [2.75, 3.05) is 13.6 Å². The van der Waals surface area contributed by atoms with E-state index in [9.17, 15) is 9.59 Å². The number of carbonyl (C=O) groups excluding carboxylic acids is 1. The fraction of sp³-hybridized carbons (Fsp3) is 0.867. The van der Waals surface area contributed by atoms with Gasteiger partial charge in [-0.2, -0.15) is 0 Å². The maximum Gasteiger partial charge on any atom is 0.309 e. The van der Waals surface area contributed by atoms with Crippen LogP contribution in [0.5, 0.6) is 0 Å². The van der Waals surface area contributed by atoms with Crippen LogP contribution in [0.1, 0.15) is 46.0 Å². The number of nitrogens with zero attached hydrogens (tertiary/aromatic N) is 1. The van der Waals surface area contributed by atoms with Crippen molar-refractivity contribution < 1.29 is 14.7 Å². The van der Waals surface area contributed by atoms with E-state index in [4.69, 9.17) is 5.11 Å². The van der Waals surface area contributed by atoms with Gasteiger partial charge in [-0.3, -0.25) is 9.59 Å². The van der Waals surface area contributed by atoms with Gasteiger partial charge in [0.1, 0.15) is 0 Å². The molecule has 2 saturated heterocycles. The summed E-state index contributed by atoms with van der Waals surface area (Å²) >= 11 is 0. The van der Waals surface area contributed by atoms with Gasteiger partial charge in [0, 0.05) is 25.0 Å². The summed E-state index contributed by atoms with van der Waals surface area (Å²) < 4.78 is 0. The Labute approximate surface area is 120 Å². The Morgan fingerprint density at radius 3 is 2.30 bits per heavy atom. The van der Waals surface area contributed by atoms with Gasteiger partial charge in [0.15, 0.2) is 0 Å². The highest BCUT2D eigenvalue weighted by atomic mass is 16.4. The number of aliphatic carboxylic acids is 1. The highest BCUT2D eigenvalue weighted by Gasteiger charge is 2.38. The Balaban J connectivity index is 1.76. The molecular formula is C15H26N2O3. The average molecular weight is 282 g/mol. The van der Waals surface area contributed by atoms with Gasteiger partial charge in [-0.1, -0.05) is 0 Å². The minimum Gasteiger partial charge on any atom is -0.481 e. The second kappa shape index (κ2) is 5.72. The monoisotopic (exact) mass is 282 g/mol. The number of carboxylic acids is 1. The molecule has 2 aliphatic heterocycles. The van der Waals surface area contributed by atoms with E-state index in [0.717, 1.165) is 12.8 Å². The zero-order chi connectivity index (χ0) is 14.9. The molecule has 1 amide bonds. The lowest BCUT2D eigenvalue weighted by Crippen LogP contribution is -2.44. The van der Waals surface area contributed by atoms with E-state index in [2.05, 4.69) is 17.3 Å². The summed E-state index contributed by atoms with van der Waals surface area (Å²) in [5.41, 5.74) is -0.990. The second-order valence-electron chi connectivity index (χ2n) is 7.06. The fourth-order valence-corrected chi connectivity index (χ4v) is 3.49. The summed E-state index contributed by atoms with van der Waals surface area (Å²) in [6.45, 7) is 3.87. The van der Waals surface area contributed by atoms with Gasteiger partial charge < -0.3 is 15.3 Å². The standard InChI is InChI=1S/C15H26N2O3/c1-15(2,14(19)20)8-13(18)16-9-10-6-11-4-5-12(7-10)17(11)3/h10-12H,4-9H2,1-3H3,(H,16,18)(H,19,20). The molecule has 0 radical (unpaired) electrons. The van der Waals surface area contributed by atoms with Crippen LogP contribution in [0.2, 0.25) is 0 Å². The quantitative estimate of drug-likeness (QED) is 0.801. The molecule has 20 heavy (non-hydrogen) atoms. The number of piperidine rings is 1. The molecule has 2 fully saturated rings. The largest absolute Gasteiger partial charge is 0.481 e. The molecule has 5 nitrogen and oxygen atoms in total. The van der Waals surface area contributed by atoms with Crippen LogP contribution in [-0.4, -0.2) is 47.6 Å². The van der Waals surface area contributed by atoms with E-state index in [1.807, 2.05) is 0 Å². The predicted molar refractivity (Wildman–Crippen MR) is 76.3 cm³/mol. The summed E-state index contributed by atoms with van der Waals surface area (Å²) in [4.78, 5) is 25.3. The van der Waals surface area contributed by atoms with Gasteiger partial charge in [-0.15, -0.1) is 0 Å². The smallest absolute Gasteiger partial charge is 0.309 e. The lowest BCUT2D eigenvalue weighted by atomic mass is 9.88. The first-order valence-corrected chi connectivity index (χ1v) is 7.51. The molecule has 2 bridgehead atoms. The third kappa shape index (κ3) is 3.32. The Hall–Kier alpha value is -1.10. The van der Waals surface area contributed by atoms with E-state index in [0.29, 0.717) is 24.5 Å². The summed E-state index contributed by atoms with van der Waals surface area (Å²) in [6.07, 6.45) is 4.89. The first-order valence-electron chi connectivity index (χ1n) is 7.51. The van der Waals surface area contributed by atoms with Crippen molar-refractivity contribution in [3.05, 3.63) is 0 Å². The zero-order valence-corrected chi connectivity index (χ0v) is 12.7. The lowest BCUT2D eigenvalue weighted by molar-refractivity contribution is -0.149. The molecular weight excluding hydrogens is 256 g/mol. The van der Waals surface area contributed by atoms with Crippen LogP contribution in [0.15, 0.2) is 0 Å². The molecule has 0 aromatic heterocycles. The van der Waals surface area contributed by atoms with Gasteiger partial charge in [-0.05, 0) is 52.5 Å². The summed E-state index contributed by atoms with van der Waals surface area (Å²) in [5.74, 6) is -0.533. The van der Waals surface area contributed by atoms with E-state index in [-0.39, 0.29) is 12.3 Å². The van der Waals surface area contributed by atoms with E-state index in [1.54, 1.807) is 13.8 Å². The van der Waals surface area contributed by atoms with Crippen molar-refractivity contribution in [1.29, 1.82) is 0 Å². The molecule has 2 unspecified atom stereocenters. The van der Waals surface area contributed by atoms with Crippen LogP contribution in [-0.2, 0) is 9.59 Å². The molecule has 0 aliphatic carbocycles. The molecule has 0 aromatic rings. The first-order chi connectivity index (χ1) is 9.29. The van der Waals surface area contributed by atoms with E-state index >= 15 is 0 Å². The first kappa shape index (κ1) is 15.3. The Bertz CT molecular complexity index is 381. The molecule has 2 N–H and O–H groups in total. The third-order valence-corrected chi connectivity index (χ3v) is 4.97. The normalized spacial score (nSPS) is 30.2. The van der Waals surface area contributed by atoms with Gasteiger partial charge in [0.2, 0.25) is 5.91 Å². The molecule has 2 rings (SSSR count). The minimum atomic E-state index is -0.990. The number of nitrogens with one attached hydrogen (secondary N) is 1. The third-order valence-electron chi connectivity index (χ3n) is 4.97. The molecule has 0 saturated carbocycles. The molecule has 114 valence electrons. The molecule has 0 aromatic carbocycles. The number of hydrogen-bond donors (Lipinski definition) is 2. The number of fused-ring (bicyclic) bond motifs is 2. The van der Waals surface area contributed by atoms with Crippen molar-refractivity contribution in [3.63, 3.8) is 0 Å². The molecule has 2 atom stereocenters. The van der Waals surface area contributed by atoms with E-state index in [1.165, 1.54) is 12.8 Å². The van der Waals surface area contributed by atoms with Crippen molar-refractivity contribution in [2.24, 2.45) is 11.3 Å². The summed E-state index contributed by atoms with van der Waals surface area (Å²) in [6, 6.07) is 1.34. The van der Waals surface area contributed by atoms with Gasteiger partial charge in [0.25, 0.3) is 0 Å². The van der Waals surface area contributed by atoms with Crippen LogP contribution in [0.3, 0.4) is 0 Å². The van der Waals surface area contributed by atoms with Crippen molar-refractivity contribution in [2.45, 2.75) is 58.0 Å². The van der Waals surface area contributed by atoms with Crippen molar-refractivity contribution >= 4 is 11.9 Å². The van der Waals surface area contributed by atoms with Crippen LogP contribution >= 0.6 is 0 Å². The van der Waals surface area contributed by atoms with Crippen LogP contribution in [0.25, 0.3) is 0 Å². The summed E-state index contributed by atoms with van der Waals surface area (Å²) in [5, 5.41) is 12.0. The van der Waals surface area contributed by atoms with Gasteiger partial charge in [0.05, 0.1) is 5.41 Å². The Morgan fingerprint density at radius 2 is 1.80 bits per heavy atom. The van der Waals surface area contributed by atoms with Crippen molar-refractivity contribution in [1.82, 2.24) is 10.2 Å². The molecule has 2 aliphatic rings. The lowest BCUT2D eigenvalue weighted by Gasteiger charge is -2.36. The topological polar surface area (TPSA) is 69.6 Å². The van der Waals surface area contributed by atoms with Crippen molar-refractivity contribution in [3.8, 4) is 0 Å². The Morgan fingerprint density at radius 1 is 1.25 bits per heavy atom. The molecule has 5 heteroatoms. The number of rotatable bonds is 5. The van der Waals surface area contributed by atoms with E-state index < -0.39 is 11.4 Å². The maximum absolute atomic E-state index is 11.9. The fourth-order valence-electron chi connectivity index (χ4n) is 3.49. The number of hydrogen-bond acceptors (Lipinski definition) is 3. The SMILES string of the molecule is CN1C2CCC1CC(CNC(=O)CC(C)(C)C(=O)O)C2. The summed E-state index contributed by atoms with van der Waals surface area (Å²) in [7, 11) is 2.20. The maximum atomic E-state index is 11.9. The molecule has 2 heterocycles. The van der Waals surface area contributed by atoms with Crippen LogP contribution in [0.4, 0.5) is 0 Å². The zero-order valence-electron chi connectivity index (χ0n) is 12.7. The number of amides is 1. The van der Waals surface area contributed by atoms with Gasteiger partial charge >= 0.3 is 5.97 Å². The number of carboxylic acid groups (broad SMARTS) is 1. The van der Waals surface area contributed by atoms with Gasteiger partial charge in [-0.25, -0.2) is 0 Å². The number of carbonyl (C=O) groups is 2.